The Morgan fingerprint density at radius 2 is 2.10 bits per heavy atom. The van der Waals surface area contributed by atoms with Gasteiger partial charge in [0.25, 0.3) is 0 Å². The van der Waals surface area contributed by atoms with Crippen molar-refractivity contribution in [3.63, 3.8) is 0 Å². The molecule has 0 aliphatic heterocycles. The number of hydrogen-bond donors (Lipinski definition) is 1. The standard InChI is InChI=1S/C13H11F2NO2S.CH3I/c1-7-16-9(6-19-7)4-2-8-3-5-10(13(17)18)12(15)11(8)14;1-2/h3,5-6H,2,4H2,1H3,(H,17,18);1H3/i;1D. The summed E-state index contributed by atoms with van der Waals surface area (Å²) in [6.45, 7) is 1.87. The number of rotatable bonds is 4. The average Bonchev–Trinajstić information content (AvgIpc) is 2.86. The van der Waals surface area contributed by atoms with Gasteiger partial charge in [0.1, 0.15) is 0 Å². The molecule has 114 valence electrons. The number of alkyl halides is 1. The van der Waals surface area contributed by atoms with Crippen LogP contribution in [0.4, 0.5) is 8.78 Å². The highest BCUT2D eigenvalue weighted by Crippen LogP contribution is 2.19. The molecule has 2 rings (SSSR count). The summed E-state index contributed by atoms with van der Waals surface area (Å²) < 4.78 is 33.3. The van der Waals surface area contributed by atoms with Crippen LogP contribution in [0.2, 0.25) is 0 Å². The molecule has 1 N–H and O–H groups in total. The first-order chi connectivity index (χ1) is 10.4. The van der Waals surface area contributed by atoms with Crippen molar-refractivity contribution < 1.29 is 20.1 Å². The molecule has 0 radical (unpaired) electrons. The Morgan fingerprint density at radius 1 is 1.43 bits per heavy atom. The Kier molecular flexibility index (Phi) is 6.50. The van der Waals surface area contributed by atoms with E-state index in [2.05, 4.69) is 4.98 Å². The summed E-state index contributed by atoms with van der Waals surface area (Å²) in [6.07, 6.45) is 0.777. The molecule has 0 fully saturated rings. The van der Waals surface area contributed by atoms with E-state index in [0.29, 0.717) is 11.3 Å². The third kappa shape index (κ3) is 4.70. The highest BCUT2D eigenvalue weighted by molar-refractivity contribution is 14.1. The van der Waals surface area contributed by atoms with Gasteiger partial charge in [0.05, 0.1) is 16.3 Å². The van der Waals surface area contributed by atoms with E-state index in [1.165, 1.54) is 17.4 Å². The zero-order valence-corrected chi connectivity index (χ0v) is 14.2. The minimum Gasteiger partial charge on any atom is -0.478 e. The molecule has 21 heavy (non-hydrogen) atoms. The maximum Gasteiger partial charge on any atom is 0.338 e. The van der Waals surface area contributed by atoms with Crippen LogP contribution >= 0.6 is 33.9 Å². The second-order valence-electron chi connectivity index (χ2n) is 4.06. The van der Waals surface area contributed by atoms with Gasteiger partial charge in [-0.15, -0.1) is 11.3 Å². The number of carboxylic acid groups (broad SMARTS) is 1. The van der Waals surface area contributed by atoms with Gasteiger partial charge < -0.3 is 5.11 Å². The van der Waals surface area contributed by atoms with Gasteiger partial charge in [0.2, 0.25) is 0 Å². The second-order valence-corrected chi connectivity index (χ2v) is 5.13. The molecule has 0 saturated heterocycles. The summed E-state index contributed by atoms with van der Waals surface area (Å²) in [5.74, 6) is -3.87. The van der Waals surface area contributed by atoms with Gasteiger partial charge in [-0.05, 0) is 36.3 Å². The summed E-state index contributed by atoms with van der Waals surface area (Å²) in [7, 11) is 0. The monoisotopic (exact) mass is 426 g/mol. The first-order valence-electron chi connectivity index (χ1n) is 6.57. The maximum absolute atomic E-state index is 13.7. The fourth-order valence-corrected chi connectivity index (χ4v) is 2.38. The van der Waals surface area contributed by atoms with Gasteiger partial charge in [-0.1, -0.05) is 28.7 Å². The summed E-state index contributed by atoms with van der Waals surface area (Å²) >= 11 is 3.45. The molecule has 0 unspecified atom stereocenters. The summed E-state index contributed by atoms with van der Waals surface area (Å²) in [5, 5.41) is 11.5. The Labute approximate surface area is 140 Å². The molecule has 0 aliphatic carbocycles. The van der Waals surface area contributed by atoms with E-state index in [1.807, 2.05) is 34.9 Å². The van der Waals surface area contributed by atoms with Crippen LogP contribution < -0.4 is 0 Å². The molecule has 1 aromatic carbocycles. The number of aromatic nitrogens is 1. The van der Waals surface area contributed by atoms with E-state index >= 15 is 0 Å². The molecule has 0 saturated carbocycles. The minimum absolute atomic E-state index is 0.160. The molecular formula is C14H14F2INO2S. The fourth-order valence-electron chi connectivity index (χ4n) is 1.73. The van der Waals surface area contributed by atoms with Crippen molar-refractivity contribution in [3.05, 3.63) is 51.0 Å². The van der Waals surface area contributed by atoms with Crippen LogP contribution in [0.25, 0.3) is 0 Å². The smallest absolute Gasteiger partial charge is 0.338 e. The zero-order chi connectivity index (χ0) is 16.7. The van der Waals surface area contributed by atoms with Crippen molar-refractivity contribution in [1.82, 2.24) is 4.98 Å². The molecule has 7 heteroatoms. The Morgan fingerprint density at radius 3 is 2.62 bits per heavy atom. The average molecular weight is 426 g/mol. The zero-order valence-electron chi connectivity index (χ0n) is 12.2. The third-order valence-electron chi connectivity index (χ3n) is 2.71. The Bertz CT molecular complexity index is 652. The number of nitrogens with zero attached hydrogens (tertiary/aromatic N) is 1. The Hall–Kier alpha value is -1.09. The lowest BCUT2D eigenvalue weighted by molar-refractivity contribution is 0.0690. The van der Waals surface area contributed by atoms with Crippen molar-refractivity contribution in [2.75, 3.05) is 4.91 Å². The molecule has 0 atom stereocenters. The first-order valence-corrected chi connectivity index (χ1v) is 8.27. The van der Waals surface area contributed by atoms with E-state index in [-0.39, 0.29) is 12.0 Å². The minimum atomic E-state index is -1.47. The highest BCUT2D eigenvalue weighted by Gasteiger charge is 2.17. The molecule has 0 aliphatic rings. The molecule has 2 aromatic rings. The second kappa shape index (κ2) is 8.38. The summed E-state index contributed by atoms with van der Waals surface area (Å²) in [4.78, 5) is 15.4. The van der Waals surface area contributed by atoms with Gasteiger partial charge in [-0.2, -0.15) is 0 Å². The molecule has 0 bridgehead atoms. The van der Waals surface area contributed by atoms with Crippen LogP contribution in [0.5, 0.6) is 0 Å². The SMILES string of the molecule is Cc1nc(CCc2ccc(C(=O)O)c(F)c2F)cs1.[2H]CI. The van der Waals surface area contributed by atoms with E-state index in [1.54, 1.807) is 0 Å². The van der Waals surface area contributed by atoms with Crippen LogP contribution in [0.3, 0.4) is 0 Å². The van der Waals surface area contributed by atoms with Crippen LogP contribution in [-0.2, 0) is 12.8 Å². The van der Waals surface area contributed by atoms with Crippen LogP contribution in [-0.4, -0.2) is 21.0 Å². The number of aromatic carboxylic acids is 1. The number of carbonyl (C=O) groups is 1. The lowest BCUT2D eigenvalue weighted by Gasteiger charge is -2.05. The number of hydrogen-bond acceptors (Lipinski definition) is 3. The van der Waals surface area contributed by atoms with Crippen LogP contribution in [0, 0.1) is 18.6 Å². The molecule has 1 heterocycles. The van der Waals surface area contributed by atoms with Gasteiger partial charge in [-0.25, -0.2) is 18.6 Å². The van der Waals surface area contributed by atoms with Gasteiger partial charge in [-0.3, -0.25) is 0 Å². The normalized spacial score (nSPS) is 10.6. The van der Waals surface area contributed by atoms with Crippen molar-refractivity contribution in [2.45, 2.75) is 19.8 Å². The first kappa shape index (κ1) is 16.3. The summed E-state index contributed by atoms with van der Waals surface area (Å²) in [6, 6.07) is 2.39. The van der Waals surface area contributed by atoms with Crippen LogP contribution in [0.15, 0.2) is 17.5 Å². The van der Waals surface area contributed by atoms with Gasteiger partial charge in [0.15, 0.2) is 11.6 Å². The number of thiazole rings is 1. The van der Waals surface area contributed by atoms with Crippen molar-refractivity contribution in [1.29, 1.82) is 0 Å². The van der Waals surface area contributed by atoms with E-state index in [9.17, 15) is 13.6 Å². The third-order valence-corrected chi connectivity index (χ3v) is 3.53. The largest absolute Gasteiger partial charge is 0.478 e. The number of carboxylic acids is 1. The topological polar surface area (TPSA) is 50.2 Å². The summed E-state index contributed by atoms with van der Waals surface area (Å²) in [5.41, 5.74) is 0.337. The lowest BCUT2D eigenvalue weighted by atomic mass is 10.0. The molecule has 0 spiro atoms. The van der Waals surface area contributed by atoms with E-state index < -0.39 is 23.2 Å². The fraction of sp³-hybridized carbons (Fsp3) is 0.286. The molecule has 0 amide bonds. The van der Waals surface area contributed by atoms with E-state index in [4.69, 9.17) is 6.48 Å². The quantitative estimate of drug-likeness (QED) is 0.587. The predicted molar refractivity (Wildman–Crippen MR) is 87.5 cm³/mol. The number of aryl methyl sites for hydroxylation is 3. The van der Waals surface area contributed by atoms with Crippen molar-refractivity contribution >= 4 is 39.9 Å². The Balaban J connectivity index is 0.000000745. The number of halogens is 3. The maximum atomic E-state index is 13.7. The van der Waals surface area contributed by atoms with Gasteiger partial charge in [0, 0.05) is 6.75 Å². The van der Waals surface area contributed by atoms with Crippen LogP contribution in [0.1, 0.15) is 28.0 Å². The van der Waals surface area contributed by atoms with E-state index in [0.717, 1.165) is 16.8 Å². The van der Waals surface area contributed by atoms with Crippen molar-refractivity contribution in [2.24, 2.45) is 0 Å². The lowest BCUT2D eigenvalue weighted by Crippen LogP contribution is -2.06. The molecule has 1 aromatic heterocycles. The number of benzene rings is 1. The molecular weight excluding hydrogens is 411 g/mol. The predicted octanol–water partition coefficient (Wildman–Crippen LogP) is 4.26. The highest BCUT2D eigenvalue weighted by atomic mass is 127. The van der Waals surface area contributed by atoms with Gasteiger partial charge >= 0.3 is 5.97 Å². The molecule has 3 nitrogen and oxygen atoms in total. The van der Waals surface area contributed by atoms with Crippen molar-refractivity contribution in [3.8, 4) is 0 Å².